The second-order valence-electron chi connectivity index (χ2n) is 1.90. The molecule has 58 valence electrons. The van der Waals surface area contributed by atoms with E-state index < -0.39 is 12.0 Å². The SMILES string of the molecule is CCC=CC(OC)C(N)=O. The van der Waals surface area contributed by atoms with Crippen molar-refractivity contribution >= 4 is 5.91 Å². The van der Waals surface area contributed by atoms with Gasteiger partial charge in [0.1, 0.15) is 0 Å². The molecule has 0 aliphatic carbocycles. The summed E-state index contributed by atoms with van der Waals surface area (Å²) in [6.45, 7) is 1.98. The standard InChI is InChI=1S/C7H13NO2/c1-3-4-5-6(10-2)7(8)9/h4-6H,3H2,1-2H3,(H2,8,9). The first-order valence-electron chi connectivity index (χ1n) is 3.21. The number of carbonyl (C=O) groups excluding carboxylic acids is 1. The molecule has 1 amide bonds. The summed E-state index contributed by atoms with van der Waals surface area (Å²) < 4.78 is 4.75. The van der Waals surface area contributed by atoms with E-state index in [0.29, 0.717) is 0 Å². The second-order valence-corrected chi connectivity index (χ2v) is 1.90. The topological polar surface area (TPSA) is 52.3 Å². The van der Waals surface area contributed by atoms with Crippen LogP contribution in [0.4, 0.5) is 0 Å². The van der Waals surface area contributed by atoms with E-state index in [9.17, 15) is 4.79 Å². The Hall–Kier alpha value is -0.830. The summed E-state index contributed by atoms with van der Waals surface area (Å²) in [5.74, 6) is -0.452. The summed E-state index contributed by atoms with van der Waals surface area (Å²) in [5, 5.41) is 0. The number of ether oxygens (including phenoxy) is 1. The lowest BCUT2D eigenvalue weighted by molar-refractivity contribution is -0.125. The smallest absolute Gasteiger partial charge is 0.250 e. The van der Waals surface area contributed by atoms with Gasteiger partial charge in [0.2, 0.25) is 0 Å². The predicted molar refractivity (Wildman–Crippen MR) is 39.4 cm³/mol. The van der Waals surface area contributed by atoms with E-state index in [4.69, 9.17) is 10.5 Å². The third-order valence-electron chi connectivity index (χ3n) is 1.08. The molecule has 2 N–H and O–H groups in total. The molecule has 0 fully saturated rings. The van der Waals surface area contributed by atoms with Crippen LogP contribution < -0.4 is 5.73 Å². The van der Waals surface area contributed by atoms with Crippen LogP contribution in [0.3, 0.4) is 0 Å². The molecule has 0 saturated heterocycles. The fraction of sp³-hybridized carbons (Fsp3) is 0.571. The minimum atomic E-state index is -0.569. The van der Waals surface area contributed by atoms with E-state index in [1.807, 2.05) is 13.0 Å². The number of methoxy groups -OCH3 is 1. The lowest BCUT2D eigenvalue weighted by Gasteiger charge is -2.03. The van der Waals surface area contributed by atoms with Gasteiger partial charge >= 0.3 is 0 Å². The molecule has 0 aromatic carbocycles. The molecule has 10 heavy (non-hydrogen) atoms. The number of allylic oxidation sites excluding steroid dienone is 1. The van der Waals surface area contributed by atoms with Crippen LogP contribution in [-0.2, 0) is 9.53 Å². The van der Waals surface area contributed by atoms with Gasteiger partial charge in [-0.05, 0) is 6.42 Å². The predicted octanol–water partition coefficient (Wildman–Crippen LogP) is 0.453. The summed E-state index contributed by atoms with van der Waals surface area (Å²) >= 11 is 0. The van der Waals surface area contributed by atoms with Gasteiger partial charge in [0, 0.05) is 7.11 Å². The Morgan fingerprint density at radius 3 is 2.70 bits per heavy atom. The largest absolute Gasteiger partial charge is 0.368 e. The minimum absolute atomic E-state index is 0.452. The van der Waals surface area contributed by atoms with Crippen molar-refractivity contribution in [1.29, 1.82) is 0 Å². The van der Waals surface area contributed by atoms with E-state index in [1.165, 1.54) is 7.11 Å². The lowest BCUT2D eigenvalue weighted by atomic mass is 10.3. The first-order chi connectivity index (χ1) is 4.72. The molecule has 0 aromatic rings. The molecule has 0 aliphatic heterocycles. The zero-order valence-corrected chi connectivity index (χ0v) is 6.33. The molecule has 1 atom stereocenters. The molecular formula is C7H13NO2. The van der Waals surface area contributed by atoms with Gasteiger partial charge in [-0.1, -0.05) is 19.1 Å². The van der Waals surface area contributed by atoms with Gasteiger partial charge in [-0.25, -0.2) is 0 Å². The maximum absolute atomic E-state index is 10.5. The molecule has 0 spiro atoms. The summed E-state index contributed by atoms with van der Waals surface area (Å²) in [5.41, 5.74) is 4.97. The van der Waals surface area contributed by atoms with Crippen LogP contribution in [0.1, 0.15) is 13.3 Å². The maximum Gasteiger partial charge on any atom is 0.250 e. The number of amides is 1. The molecule has 0 rings (SSSR count). The van der Waals surface area contributed by atoms with Gasteiger partial charge < -0.3 is 10.5 Å². The Morgan fingerprint density at radius 1 is 1.80 bits per heavy atom. The van der Waals surface area contributed by atoms with Crippen molar-refractivity contribution in [3.63, 3.8) is 0 Å². The Balaban J connectivity index is 3.83. The fourth-order valence-corrected chi connectivity index (χ4v) is 0.549. The van der Waals surface area contributed by atoms with Gasteiger partial charge in [-0.3, -0.25) is 4.79 Å². The summed E-state index contributed by atoms with van der Waals surface area (Å²) in [7, 11) is 1.45. The zero-order valence-electron chi connectivity index (χ0n) is 6.33. The average Bonchev–Trinajstić information content (AvgIpc) is 1.89. The molecule has 3 nitrogen and oxygen atoms in total. The molecule has 0 aromatic heterocycles. The molecule has 0 radical (unpaired) electrons. The van der Waals surface area contributed by atoms with E-state index in [-0.39, 0.29) is 0 Å². The van der Waals surface area contributed by atoms with Crippen molar-refractivity contribution in [3.8, 4) is 0 Å². The molecule has 0 heterocycles. The Bertz CT molecular complexity index is 132. The van der Waals surface area contributed by atoms with Gasteiger partial charge in [0.05, 0.1) is 0 Å². The van der Waals surface area contributed by atoms with Crippen molar-refractivity contribution in [2.24, 2.45) is 5.73 Å². The number of carbonyl (C=O) groups is 1. The number of rotatable bonds is 4. The highest BCUT2D eigenvalue weighted by molar-refractivity contribution is 5.80. The Labute approximate surface area is 60.9 Å². The van der Waals surface area contributed by atoms with Crippen molar-refractivity contribution < 1.29 is 9.53 Å². The van der Waals surface area contributed by atoms with Crippen molar-refractivity contribution in [1.82, 2.24) is 0 Å². The number of nitrogens with two attached hydrogens (primary N) is 1. The van der Waals surface area contributed by atoms with Crippen LogP contribution in [0, 0.1) is 0 Å². The van der Waals surface area contributed by atoms with Crippen molar-refractivity contribution in [2.75, 3.05) is 7.11 Å². The Kier molecular flexibility index (Phi) is 4.58. The maximum atomic E-state index is 10.5. The van der Waals surface area contributed by atoms with Crippen LogP contribution in [0.15, 0.2) is 12.2 Å². The monoisotopic (exact) mass is 143 g/mol. The lowest BCUT2D eigenvalue weighted by Crippen LogP contribution is -2.28. The summed E-state index contributed by atoms with van der Waals surface area (Å²) in [6.07, 6.45) is 3.81. The van der Waals surface area contributed by atoms with Gasteiger partial charge in [0.15, 0.2) is 6.10 Å². The van der Waals surface area contributed by atoms with Crippen LogP contribution in [0.2, 0.25) is 0 Å². The molecule has 0 aliphatic rings. The third kappa shape index (κ3) is 3.25. The van der Waals surface area contributed by atoms with Crippen LogP contribution in [0.5, 0.6) is 0 Å². The highest BCUT2D eigenvalue weighted by Gasteiger charge is 2.07. The van der Waals surface area contributed by atoms with E-state index in [2.05, 4.69) is 0 Å². The highest BCUT2D eigenvalue weighted by Crippen LogP contribution is 1.91. The molecule has 0 saturated carbocycles. The second kappa shape index (κ2) is 4.99. The fourth-order valence-electron chi connectivity index (χ4n) is 0.549. The first kappa shape index (κ1) is 9.17. The summed E-state index contributed by atoms with van der Waals surface area (Å²) in [4.78, 5) is 10.5. The minimum Gasteiger partial charge on any atom is -0.368 e. The van der Waals surface area contributed by atoms with E-state index >= 15 is 0 Å². The van der Waals surface area contributed by atoms with E-state index in [1.54, 1.807) is 6.08 Å². The summed E-state index contributed by atoms with van der Waals surface area (Å²) in [6, 6.07) is 0. The number of hydrogen-bond donors (Lipinski definition) is 1. The first-order valence-corrected chi connectivity index (χ1v) is 3.21. The van der Waals surface area contributed by atoms with Gasteiger partial charge in [-0.2, -0.15) is 0 Å². The van der Waals surface area contributed by atoms with Crippen LogP contribution in [-0.4, -0.2) is 19.1 Å². The van der Waals surface area contributed by atoms with Crippen molar-refractivity contribution in [2.45, 2.75) is 19.4 Å². The van der Waals surface area contributed by atoms with E-state index in [0.717, 1.165) is 6.42 Å². The third-order valence-corrected chi connectivity index (χ3v) is 1.08. The van der Waals surface area contributed by atoms with Crippen LogP contribution >= 0.6 is 0 Å². The van der Waals surface area contributed by atoms with Crippen LogP contribution in [0.25, 0.3) is 0 Å². The molecule has 0 bridgehead atoms. The van der Waals surface area contributed by atoms with Gasteiger partial charge in [-0.15, -0.1) is 0 Å². The molecular weight excluding hydrogens is 130 g/mol. The highest BCUT2D eigenvalue weighted by atomic mass is 16.5. The quantitative estimate of drug-likeness (QED) is 0.581. The Morgan fingerprint density at radius 2 is 2.40 bits per heavy atom. The average molecular weight is 143 g/mol. The molecule has 3 heteroatoms. The van der Waals surface area contributed by atoms with Crippen molar-refractivity contribution in [3.05, 3.63) is 12.2 Å². The zero-order chi connectivity index (χ0) is 7.98. The number of hydrogen-bond acceptors (Lipinski definition) is 2. The van der Waals surface area contributed by atoms with Gasteiger partial charge in [0.25, 0.3) is 5.91 Å². The number of primary amides is 1. The normalized spacial score (nSPS) is 13.8. The molecule has 1 unspecified atom stereocenters.